The Morgan fingerprint density at radius 3 is 2.44 bits per heavy atom. The van der Waals surface area contributed by atoms with E-state index in [2.05, 4.69) is 4.98 Å². The van der Waals surface area contributed by atoms with Gasteiger partial charge in [-0.3, -0.25) is 13.9 Å². The first-order chi connectivity index (χ1) is 11.9. The van der Waals surface area contributed by atoms with Gasteiger partial charge < -0.3 is 0 Å². The normalized spacial score (nSPS) is 11.2. The molecule has 2 heterocycles. The Morgan fingerprint density at radius 1 is 1.12 bits per heavy atom. The Morgan fingerprint density at radius 2 is 1.80 bits per heavy atom. The van der Waals surface area contributed by atoms with Crippen LogP contribution in [0.15, 0.2) is 44.9 Å². The van der Waals surface area contributed by atoms with Crippen LogP contribution in [0.4, 0.5) is 4.39 Å². The molecule has 7 heteroatoms. The average Bonchev–Trinajstić information content (AvgIpc) is 2.63. The third-order valence-electron chi connectivity index (χ3n) is 4.17. The van der Waals surface area contributed by atoms with Crippen LogP contribution in [-0.2, 0) is 26.3 Å². The molecule has 25 heavy (non-hydrogen) atoms. The van der Waals surface area contributed by atoms with Gasteiger partial charge >= 0.3 is 5.69 Å². The number of benzene rings is 1. The van der Waals surface area contributed by atoms with Gasteiger partial charge in [-0.15, -0.1) is 11.8 Å². The lowest BCUT2D eigenvalue weighted by Crippen LogP contribution is -2.37. The van der Waals surface area contributed by atoms with Crippen LogP contribution in [0.25, 0.3) is 11.0 Å². The van der Waals surface area contributed by atoms with Crippen molar-refractivity contribution in [3.8, 4) is 0 Å². The van der Waals surface area contributed by atoms with E-state index in [9.17, 15) is 14.0 Å². The van der Waals surface area contributed by atoms with Crippen LogP contribution in [0.5, 0.6) is 0 Å². The number of halogens is 1. The number of thioether (sulfide) groups is 1. The maximum absolute atomic E-state index is 13.1. The van der Waals surface area contributed by atoms with E-state index in [-0.39, 0.29) is 11.4 Å². The highest BCUT2D eigenvalue weighted by molar-refractivity contribution is 7.98. The molecule has 0 bridgehead atoms. The molecule has 0 amide bonds. The van der Waals surface area contributed by atoms with Gasteiger partial charge in [-0.2, -0.15) is 0 Å². The molecule has 0 fully saturated rings. The summed E-state index contributed by atoms with van der Waals surface area (Å²) in [6.45, 7) is 2.00. The maximum Gasteiger partial charge on any atom is 0.332 e. The molecule has 0 N–H and O–H groups in total. The van der Waals surface area contributed by atoms with E-state index in [0.29, 0.717) is 16.8 Å². The zero-order valence-corrected chi connectivity index (χ0v) is 15.1. The average molecular weight is 359 g/mol. The Kier molecular flexibility index (Phi) is 4.76. The molecule has 0 atom stereocenters. The van der Waals surface area contributed by atoms with E-state index in [1.165, 1.54) is 35.5 Å². The summed E-state index contributed by atoms with van der Waals surface area (Å²) >= 11 is 1.51. The molecular weight excluding hydrogens is 341 g/mol. The molecule has 0 aliphatic rings. The lowest BCUT2D eigenvalue weighted by molar-refractivity contribution is 0.627. The van der Waals surface area contributed by atoms with Crippen LogP contribution < -0.4 is 11.2 Å². The van der Waals surface area contributed by atoms with E-state index in [1.807, 2.05) is 6.92 Å². The van der Waals surface area contributed by atoms with Gasteiger partial charge in [0, 0.05) is 30.9 Å². The SMILES string of the molecule is CCc1cnc2c(c1SCc1ccc(F)cc1)c(=O)n(C)c(=O)n2C. The monoisotopic (exact) mass is 359 g/mol. The molecule has 0 aliphatic carbocycles. The molecule has 0 aliphatic heterocycles. The minimum atomic E-state index is -0.399. The third kappa shape index (κ3) is 3.11. The molecule has 3 rings (SSSR count). The number of pyridine rings is 1. The summed E-state index contributed by atoms with van der Waals surface area (Å²) in [5.41, 5.74) is 1.55. The topological polar surface area (TPSA) is 56.9 Å². The minimum Gasteiger partial charge on any atom is -0.280 e. The van der Waals surface area contributed by atoms with Crippen molar-refractivity contribution >= 4 is 22.8 Å². The standard InChI is InChI=1S/C18H18FN3O2S/c1-4-12-9-20-16-14(17(23)22(3)18(24)21(16)2)15(12)25-10-11-5-7-13(19)8-6-11/h5-9H,4,10H2,1-3H3. The van der Waals surface area contributed by atoms with Crippen LogP contribution in [0.1, 0.15) is 18.1 Å². The molecular formula is C18H18FN3O2S. The number of hydrogen-bond acceptors (Lipinski definition) is 4. The Balaban J connectivity index is 2.16. The van der Waals surface area contributed by atoms with Crippen molar-refractivity contribution in [2.45, 2.75) is 24.0 Å². The third-order valence-corrected chi connectivity index (χ3v) is 5.41. The van der Waals surface area contributed by atoms with Crippen molar-refractivity contribution in [2.75, 3.05) is 0 Å². The smallest absolute Gasteiger partial charge is 0.280 e. The molecule has 0 unspecified atom stereocenters. The molecule has 0 saturated heterocycles. The van der Waals surface area contributed by atoms with E-state index < -0.39 is 5.69 Å². The fourth-order valence-electron chi connectivity index (χ4n) is 2.69. The molecule has 2 aromatic heterocycles. The largest absolute Gasteiger partial charge is 0.332 e. The summed E-state index contributed by atoms with van der Waals surface area (Å²) in [6.07, 6.45) is 2.44. The fraction of sp³-hybridized carbons (Fsp3) is 0.278. The Hall–Kier alpha value is -2.41. The van der Waals surface area contributed by atoms with Gasteiger partial charge in [-0.1, -0.05) is 19.1 Å². The van der Waals surface area contributed by atoms with Gasteiger partial charge in [-0.25, -0.2) is 14.2 Å². The highest BCUT2D eigenvalue weighted by atomic mass is 32.2. The van der Waals surface area contributed by atoms with Crippen molar-refractivity contribution < 1.29 is 4.39 Å². The maximum atomic E-state index is 13.1. The van der Waals surface area contributed by atoms with Gasteiger partial charge in [0.25, 0.3) is 5.56 Å². The predicted molar refractivity (Wildman–Crippen MR) is 97.6 cm³/mol. The van der Waals surface area contributed by atoms with Crippen molar-refractivity contribution in [1.29, 1.82) is 0 Å². The van der Waals surface area contributed by atoms with Crippen molar-refractivity contribution in [2.24, 2.45) is 14.1 Å². The molecule has 5 nitrogen and oxygen atoms in total. The number of hydrogen-bond donors (Lipinski definition) is 0. The second kappa shape index (κ2) is 6.84. The molecule has 1 aromatic carbocycles. The zero-order chi connectivity index (χ0) is 18.1. The second-order valence-electron chi connectivity index (χ2n) is 5.79. The fourth-order valence-corrected chi connectivity index (χ4v) is 3.90. The van der Waals surface area contributed by atoms with Gasteiger partial charge in [0.15, 0.2) is 0 Å². The number of aromatic nitrogens is 3. The first-order valence-corrected chi connectivity index (χ1v) is 8.87. The summed E-state index contributed by atoms with van der Waals surface area (Å²) < 4.78 is 15.6. The van der Waals surface area contributed by atoms with E-state index in [4.69, 9.17) is 0 Å². The van der Waals surface area contributed by atoms with Gasteiger partial charge in [0.05, 0.1) is 5.39 Å². The highest BCUT2D eigenvalue weighted by Crippen LogP contribution is 2.31. The molecule has 0 spiro atoms. The number of rotatable bonds is 4. The summed E-state index contributed by atoms with van der Waals surface area (Å²) in [5.74, 6) is 0.319. The minimum absolute atomic E-state index is 0.277. The van der Waals surface area contributed by atoms with E-state index in [1.54, 1.807) is 25.4 Å². The summed E-state index contributed by atoms with van der Waals surface area (Å²) in [5, 5.41) is 0.455. The molecule has 3 aromatic rings. The summed E-state index contributed by atoms with van der Waals surface area (Å²) in [6, 6.07) is 6.30. The summed E-state index contributed by atoms with van der Waals surface area (Å²) in [7, 11) is 3.08. The predicted octanol–water partition coefficient (Wildman–Crippen LogP) is 2.63. The quantitative estimate of drug-likeness (QED) is 0.672. The van der Waals surface area contributed by atoms with Crippen molar-refractivity contribution in [1.82, 2.24) is 14.1 Å². The lowest BCUT2D eigenvalue weighted by Gasteiger charge is -2.13. The van der Waals surface area contributed by atoms with Crippen LogP contribution in [0, 0.1) is 5.82 Å². The first-order valence-electron chi connectivity index (χ1n) is 7.88. The van der Waals surface area contributed by atoms with Gasteiger partial charge in [-0.05, 0) is 29.7 Å². The van der Waals surface area contributed by atoms with Crippen molar-refractivity contribution in [3.05, 3.63) is 68.2 Å². The van der Waals surface area contributed by atoms with Crippen LogP contribution >= 0.6 is 11.8 Å². The molecule has 0 radical (unpaired) electrons. The zero-order valence-electron chi connectivity index (χ0n) is 14.2. The van der Waals surface area contributed by atoms with Crippen molar-refractivity contribution in [3.63, 3.8) is 0 Å². The number of aryl methyl sites for hydroxylation is 2. The summed E-state index contributed by atoms with van der Waals surface area (Å²) in [4.78, 5) is 30.0. The van der Waals surface area contributed by atoms with Crippen LogP contribution in [0.3, 0.4) is 0 Å². The van der Waals surface area contributed by atoms with E-state index in [0.717, 1.165) is 27.0 Å². The van der Waals surface area contributed by atoms with E-state index >= 15 is 0 Å². The Labute approximate surface area is 148 Å². The second-order valence-corrected chi connectivity index (χ2v) is 6.77. The number of nitrogens with zero attached hydrogens (tertiary/aromatic N) is 3. The van der Waals surface area contributed by atoms with Crippen LogP contribution in [0.2, 0.25) is 0 Å². The van der Waals surface area contributed by atoms with Gasteiger partial charge in [0.1, 0.15) is 11.5 Å². The number of fused-ring (bicyclic) bond motifs is 1. The molecule has 0 saturated carbocycles. The lowest BCUT2D eigenvalue weighted by atomic mass is 10.2. The highest BCUT2D eigenvalue weighted by Gasteiger charge is 2.17. The Bertz CT molecular complexity index is 1060. The van der Waals surface area contributed by atoms with Gasteiger partial charge in [0.2, 0.25) is 0 Å². The van der Waals surface area contributed by atoms with Crippen LogP contribution in [-0.4, -0.2) is 14.1 Å². The first kappa shape index (κ1) is 17.4. The molecule has 130 valence electrons.